The van der Waals surface area contributed by atoms with E-state index >= 15 is 0 Å². The molecular weight excluding hydrogens is 272 g/mol. The molecule has 2 aromatic carbocycles. The minimum Gasteiger partial charge on any atom is -0.304 e. The van der Waals surface area contributed by atoms with Gasteiger partial charge >= 0.3 is 0 Å². The number of piperazine rings is 1. The molecule has 0 aromatic heterocycles. The summed E-state index contributed by atoms with van der Waals surface area (Å²) in [6.45, 7) is 5.57. The van der Waals surface area contributed by atoms with Gasteiger partial charge < -0.3 is 4.90 Å². The highest BCUT2D eigenvalue weighted by molar-refractivity contribution is 5.77. The van der Waals surface area contributed by atoms with Gasteiger partial charge in [-0.2, -0.15) is 0 Å². The Morgan fingerprint density at radius 2 is 1.68 bits per heavy atom. The molecule has 0 bridgehead atoms. The van der Waals surface area contributed by atoms with E-state index in [2.05, 4.69) is 41.1 Å². The third-order valence-electron chi connectivity index (χ3n) is 4.31. The van der Waals surface area contributed by atoms with E-state index in [9.17, 15) is 4.79 Å². The normalized spacial score (nSPS) is 16.6. The van der Waals surface area contributed by atoms with Gasteiger partial charge in [0.2, 0.25) is 0 Å². The molecule has 0 N–H and O–H groups in total. The fourth-order valence-electron chi connectivity index (χ4n) is 2.87. The summed E-state index contributed by atoms with van der Waals surface area (Å²) >= 11 is 0. The Hall–Kier alpha value is -1.97. The highest BCUT2D eigenvalue weighted by Gasteiger charge is 2.13. The first kappa shape index (κ1) is 14.9. The predicted molar refractivity (Wildman–Crippen MR) is 90.0 cm³/mol. The van der Waals surface area contributed by atoms with Crippen LogP contribution in [0.5, 0.6) is 0 Å². The summed E-state index contributed by atoms with van der Waals surface area (Å²) in [6.07, 6.45) is 0.883. The summed E-state index contributed by atoms with van der Waals surface area (Å²) in [5, 5.41) is 0. The van der Waals surface area contributed by atoms with Crippen molar-refractivity contribution in [2.75, 3.05) is 33.2 Å². The maximum absolute atomic E-state index is 10.7. The van der Waals surface area contributed by atoms with Crippen molar-refractivity contribution in [2.24, 2.45) is 0 Å². The first-order valence-corrected chi connectivity index (χ1v) is 7.80. The Morgan fingerprint density at radius 3 is 2.36 bits per heavy atom. The monoisotopic (exact) mass is 294 g/mol. The molecule has 0 saturated carbocycles. The zero-order chi connectivity index (χ0) is 15.4. The molecule has 0 spiro atoms. The molecule has 1 aliphatic rings. The maximum atomic E-state index is 10.7. The standard InChI is InChI=1S/C19H22N2O/c1-20-9-11-21(12-10-20)14-17-3-2-4-19(13-17)18-7-5-16(15-22)6-8-18/h2-8,13,15H,9-12,14H2,1H3. The first-order chi connectivity index (χ1) is 10.7. The van der Waals surface area contributed by atoms with Gasteiger partial charge in [0.25, 0.3) is 0 Å². The number of hydrogen-bond donors (Lipinski definition) is 0. The Morgan fingerprint density at radius 1 is 0.955 bits per heavy atom. The van der Waals surface area contributed by atoms with Crippen LogP contribution < -0.4 is 0 Å². The predicted octanol–water partition coefficient (Wildman–Crippen LogP) is 2.91. The summed E-state index contributed by atoms with van der Waals surface area (Å²) in [5.74, 6) is 0. The number of rotatable bonds is 4. The summed E-state index contributed by atoms with van der Waals surface area (Å²) in [7, 11) is 2.18. The van der Waals surface area contributed by atoms with Crippen molar-refractivity contribution >= 4 is 6.29 Å². The van der Waals surface area contributed by atoms with E-state index in [4.69, 9.17) is 0 Å². The van der Waals surface area contributed by atoms with E-state index in [1.54, 1.807) is 0 Å². The zero-order valence-corrected chi connectivity index (χ0v) is 13.0. The van der Waals surface area contributed by atoms with Crippen molar-refractivity contribution in [1.82, 2.24) is 9.80 Å². The van der Waals surface area contributed by atoms with E-state index in [1.165, 1.54) is 11.1 Å². The molecule has 3 heteroatoms. The van der Waals surface area contributed by atoms with Crippen LogP contribution in [0.3, 0.4) is 0 Å². The van der Waals surface area contributed by atoms with E-state index < -0.39 is 0 Å². The minimum atomic E-state index is 0.720. The third kappa shape index (κ3) is 3.62. The van der Waals surface area contributed by atoms with Crippen LogP contribution in [0.15, 0.2) is 48.5 Å². The molecule has 114 valence electrons. The molecule has 22 heavy (non-hydrogen) atoms. The Labute approximate surface area is 132 Å². The van der Waals surface area contributed by atoms with Crippen molar-refractivity contribution in [1.29, 1.82) is 0 Å². The molecule has 0 unspecified atom stereocenters. The lowest BCUT2D eigenvalue weighted by Gasteiger charge is -2.32. The van der Waals surface area contributed by atoms with Crippen molar-refractivity contribution < 1.29 is 4.79 Å². The van der Waals surface area contributed by atoms with Crippen LogP contribution in [0.2, 0.25) is 0 Å². The molecule has 2 aromatic rings. The van der Waals surface area contributed by atoms with Crippen molar-refractivity contribution in [3.8, 4) is 11.1 Å². The summed E-state index contributed by atoms with van der Waals surface area (Å²) in [4.78, 5) is 15.6. The third-order valence-corrected chi connectivity index (χ3v) is 4.31. The Kier molecular flexibility index (Phi) is 4.66. The van der Waals surface area contributed by atoms with Gasteiger partial charge in [-0.3, -0.25) is 9.69 Å². The van der Waals surface area contributed by atoms with Crippen LogP contribution in [0.4, 0.5) is 0 Å². The molecule has 3 rings (SSSR count). The van der Waals surface area contributed by atoms with Gasteiger partial charge in [-0.1, -0.05) is 42.5 Å². The summed E-state index contributed by atoms with van der Waals surface area (Å²) in [5.41, 5.74) is 4.44. The molecule has 0 aliphatic carbocycles. The number of nitrogens with zero attached hydrogens (tertiary/aromatic N) is 2. The lowest BCUT2D eigenvalue weighted by molar-refractivity contribution is 0.112. The molecule has 1 aliphatic heterocycles. The number of hydrogen-bond acceptors (Lipinski definition) is 3. The number of benzene rings is 2. The topological polar surface area (TPSA) is 23.6 Å². The average Bonchev–Trinajstić information content (AvgIpc) is 2.57. The average molecular weight is 294 g/mol. The van der Waals surface area contributed by atoms with Crippen LogP contribution in [-0.2, 0) is 6.54 Å². The quantitative estimate of drug-likeness (QED) is 0.810. The van der Waals surface area contributed by atoms with Gasteiger partial charge in [0.1, 0.15) is 6.29 Å². The molecule has 0 amide bonds. The second kappa shape index (κ2) is 6.86. The second-order valence-electron chi connectivity index (χ2n) is 6.02. The SMILES string of the molecule is CN1CCN(Cc2cccc(-c3ccc(C=O)cc3)c2)CC1. The highest BCUT2D eigenvalue weighted by atomic mass is 16.1. The number of carbonyl (C=O) groups excluding carboxylic acids is 1. The molecule has 0 radical (unpaired) electrons. The molecule has 1 heterocycles. The van der Waals surface area contributed by atoms with Crippen LogP contribution >= 0.6 is 0 Å². The zero-order valence-electron chi connectivity index (χ0n) is 13.0. The lowest BCUT2D eigenvalue weighted by atomic mass is 10.0. The van der Waals surface area contributed by atoms with E-state index in [1.807, 2.05) is 24.3 Å². The molecule has 0 atom stereocenters. The smallest absolute Gasteiger partial charge is 0.150 e. The van der Waals surface area contributed by atoms with Gasteiger partial charge in [-0.15, -0.1) is 0 Å². The lowest BCUT2D eigenvalue weighted by Crippen LogP contribution is -2.43. The second-order valence-corrected chi connectivity index (χ2v) is 6.02. The van der Waals surface area contributed by atoms with Gasteiger partial charge in [0.15, 0.2) is 0 Å². The first-order valence-electron chi connectivity index (χ1n) is 7.80. The van der Waals surface area contributed by atoms with E-state index in [0.29, 0.717) is 0 Å². The van der Waals surface area contributed by atoms with Crippen LogP contribution in [0, 0.1) is 0 Å². The van der Waals surface area contributed by atoms with Crippen molar-refractivity contribution in [3.05, 3.63) is 59.7 Å². The van der Waals surface area contributed by atoms with Crippen LogP contribution in [0.25, 0.3) is 11.1 Å². The largest absolute Gasteiger partial charge is 0.304 e. The minimum absolute atomic E-state index is 0.720. The summed E-state index contributed by atoms with van der Waals surface area (Å²) < 4.78 is 0. The Balaban J connectivity index is 1.72. The highest BCUT2D eigenvalue weighted by Crippen LogP contribution is 2.21. The molecular formula is C19H22N2O. The summed E-state index contributed by atoms with van der Waals surface area (Å²) in [6, 6.07) is 16.5. The molecule has 3 nitrogen and oxygen atoms in total. The maximum Gasteiger partial charge on any atom is 0.150 e. The number of carbonyl (C=O) groups is 1. The molecule has 1 saturated heterocycles. The van der Waals surface area contributed by atoms with E-state index in [-0.39, 0.29) is 0 Å². The van der Waals surface area contributed by atoms with Gasteiger partial charge in [-0.25, -0.2) is 0 Å². The van der Waals surface area contributed by atoms with Gasteiger partial charge in [0.05, 0.1) is 0 Å². The number of likely N-dealkylation sites (N-methyl/N-ethyl adjacent to an activating group) is 1. The molecule has 1 fully saturated rings. The van der Waals surface area contributed by atoms with Gasteiger partial charge in [0, 0.05) is 38.3 Å². The van der Waals surface area contributed by atoms with Crippen LogP contribution in [0.1, 0.15) is 15.9 Å². The van der Waals surface area contributed by atoms with Crippen LogP contribution in [-0.4, -0.2) is 49.3 Å². The Bertz CT molecular complexity index is 628. The van der Waals surface area contributed by atoms with Crippen molar-refractivity contribution in [3.63, 3.8) is 0 Å². The van der Waals surface area contributed by atoms with Gasteiger partial charge in [-0.05, 0) is 29.8 Å². The fourth-order valence-corrected chi connectivity index (χ4v) is 2.87. The fraction of sp³-hybridized carbons (Fsp3) is 0.316. The van der Waals surface area contributed by atoms with Crippen molar-refractivity contribution in [2.45, 2.75) is 6.54 Å². The number of aldehydes is 1. The van der Waals surface area contributed by atoms with E-state index in [0.717, 1.165) is 50.1 Å².